The van der Waals surface area contributed by atoms with Crippen molar-refractivity contribution in [2.45, 2.75) is 44.4 Å². The lowest BCUT2D eigenvalue weighted by atomic mass is 9.69. The van der Waals surface area contributed by atoms with Gasteiger partial charge in [0.05, 0.1) is 0 Å². The maximum absolute atomic E-state index is 2.36. The Morgan fingerprint density at radius 1 is 0.720 bits per heavy atom. The summed E-state index contributed by atoms with van der Waals surface area (Å²) >= 11 is 0. The molecule has 0 amide bonds. The number of fused-ring (bicyclic) bond motifs is 1. The van der Waals surface area contributed by atoms with Crippen molar-refractivity contribution in [1.82, 2.24) is 0 Å². The smallest absolute Gasteiger partial charge is 0.0161 e. The Hall–Kier alpha value is -2.34. The molecule has 0 radical (unpaired) electrons. The van der Waals surface area contributed by atoms with E-state index in [1.54, 1.807) is 0 Å². The van der Waals surface area contributed by atoms with Crippen LogP contribution in [0.15, 0.2) is 78.9 Å². The van der Waals surface area contributed by atoms with Crippen LogP contribution in [-0.4, -0.2) is 0 Å². The Labute approximate surface area is 151 Å². The summed E-state index contributed by atoms with van der Waals surface area (Å²) in [5.74, 6) is 1.59. The minimum absolute atomic E-state index is 0.452. The summed E-state index contributed by atoms with van der Waals surface area (Å²) in [6.07, 6.45) is 2.40. The first kappa shape index (κ1) is 16.1. The Morgan fingerprint density at radius 2 is 1.40 bits per heavy atom. The first-order chi connectivity index (χ1) is 12.2. The zero-order chi connectivity index (χ0) is 17.2. The second-order valence-electron chi connectivity index (χ2n) is 7.55. The SMILES string of the molecule is CC(C)c1ccc(C2c3ccccc3CCC2c2ccccc2)cc1. The summed E-state index contributed by atoms with van der Waals surface area (Å²) in [5, 5.41) is 0. The van der Waals surface area contributed by atoms with Crippen molar-refractivity contribution in [3.05, 3.63) is 107 Å². The average Bonchev–Trinajstić information content (AvgIpc) is 2.68. The molecule has 0 spiro atoms. The van der Waals surface area contributed by atoms with Crippen molar-refractivity contribution < 1.29 is 0 Å². The van der Waals surface area contributed by atoms with E-state index in [0.29, 0.717) is 17.8 Å². The highest BCUT2D eigenvalue weighted by atomic mass is 14.3. The monoisotopic (exact) mass is 326 g/mol. The molecule has 1 aliphatic carbocycles. The summed E-state index contributed by atoms with van der Waals surface area (Å²) in [7, 11) is 0. The third-order valence-corrected chi connectivity index (χ3v) is 5.71. The minimum atomic E-state index is 0.452. The van der Waals surface area contributed by atoms with Crippen LogP contribution >= 0.6 is 0 Å². The molecule has 126 valence electrons. The Kier molecular flexibility index (Phi) is 4.44. The van der Waals surface area contributed by atoms with E-state index in [2.05, 4.69) is 92.7 Å². The van der Waals surface area contributed by atoms with Crippen molar-refractivity contribution in [1.29, 1.82) is 0 Å². The lowest BCUT2D eigenvalue weighted by molar-refractivity contribution is 0.524. The van der Waals surface area contributed by atoms with Crippen LogP contribution in [0.5, 0.6) is 0 Å². The molecule has 0 heterocycles. The van der Waals surface area contributed by atoms with Gasteiger partial charge in [-0.1, -0.05) is 92.7 Å². The number of benzene rings is 3. The van der Waals surface area contributed by atoms with Gasteiger partial charge < -0.3 is 0 Å². The van der Waals surface area contributed by atoms with E-state index in [1.165, 1.54) is 40.7 Å². The van der Waals surface area contributed by atoms with Gasteiger partial charge >= 0.3 is 0 Å². The largest absolute Gasteiger partial charge is 0.0622 e. The van der Waals surface area contributed by atoms with Crippen LogP contribution in [0.1, 0.15) is 65.8 Å². The molecule has 0 saturated heterocycles. The number of hydrogen-bond donors (Lipinski definition) is 0. The predicted octanol–water partition coefficient (Wildman–Crippen LogP) is 6.67. The van der Waals surface area contributed by atoms with Gasteiger partial charge in [0.1, 0.15) is 0 Å². The van der Waals surface area contributed by atoms with E-state index in [9.17, 15) is 0 Å². The molecule has 2 unspecified atom stereocenters. The zero-order valence-corrected chi connectivity index (χ0v) is 15.2. The van der Waals surface area contributed by atoms with Gasteiger partial charge in [-0.3, -0.25) is 0 Å². The average molecular weight is 326 g/mol. The molecule has 1 aliphatic rings. The van der Waals surface area contributed by atoms with Gasteiger partial charge in [-0.05, 0) is 52.5 Å². The van der Waals surface area contributed by atoms with Crippen LogP contribution in [0.25, 0.3) is 0 Å². The summed E-state index contributed by atoms with van der Waals surface area (Å²) in [5.41, 5.74) is 7.37. The van der Waals surface area contributed by atoms with E-state index >= 15 is 0 Å². The molecular weight excluding hydrogens is 300 g/mol. The number of aryl methyl sites for hydroxylation is 1. The third kappa shape index (κ3) is 3.14. The molecule has 4 rings (SSSR count). The molecule has 0 aromatic heterocycles. The van der Waals surface area contributed by atoms with E-state index in [-0.39, 0.29) is 0 Å². The van der Waals surface area contributed by atoms with Crippen molar-refractivity contribution in [3.8, 4) is 0 Å². The highest BCUT2D eigenvalue weighted by Gasteiger charge is 2.31. The molecular formula is C25H26. The second-order valence-corrected chi connectivity index (χ2v) is 7.55. The van der Waals surface area contributed by atoms with Crippen LogP contribution in [0, 0.1) is 0 Å². The minimum Gasteiger partial charge on any atom is -0.0622 e. The van der Waals surface area contributed by atoms with Gasteiger partial charge in [-0.25, -0.2) is 0 Å². The van der Waals surface area contributed by atoms with Gasteiger partial charge in [-0.2, -0.15) is 0 Å². The van der Waals surface area contributed by atoms with Crippen LogP contribution in [0.2, 0.25) is 0 Å². The van der Waals surface area contributed by atoms with E-state index in [1.807, 2.05) is 0 Å². The highest BCUT2D eigenvalue weighted by molar-refractivity contribution is 5.45. The first-order valence-corrected chi connectivity index (χ1v) is 9.46. The molecule has 0 fully saturated rings. The van der Waals surface area contributed by atoms with Gasteiger partial charge in [0, 0.05) is 5.92 Å². The highest BCUT2D eigenvalue weighted by Crippen LogP contribution is 2.46. The topological polar surface area (TPSA) is 0 Å². The summed E-state index contributed by atoms with van der Waals surface area (Å²) in [6, 6.07) is 29.5. The quantitative estimate of drug-likeness (QED) is 0.504. The van der Waals surface area contributed by atoms with E-state index in [0.717, 1.165) is 0 Å². The first-order valence-electron chi connectivity index (χ1n) is 9.46. The van der Waals surface area contributed by atoms with Crippen LogP contribution < -0.4 is 0 Å². The fraction of sp³-hybridized carbons (Fsp3) is 0.280. The Morgan fingerprint density at radius 3 is 2.12 bits per heavy atom. The molecule has 0 aliphatic heterocycles. The van der Waals surface area contributed by atoms with E-state index < -0.39 is 0 Å². The van der Waals surface area contributed by atoms with Gasteiger partial charge in [0.2, 0.25) is 0 Å². The maximum Gasteiger partial charge on any atom is 0.0161 e. The zero-order valence-electron chi connectivity index (χ0n) is 15.2. The molecule has 0 saturated carbocycles. The fourth-order valence-electron chi connectivity index (χ4n) is 4.32. The summed E-state index contributed by atoms with van der Waals surface area (Å²) in [6.45, 7) is 4.52. The van der Waals surface area contributed by atoms with Gasteiger partial charge in [-0.15, -0.1) is 0 Å². The fourth-order valence-corrected chi connectivity index (χ4v) is 4.32. The van der Waals surface area contributed by atoms with E-state index in [4.69, 9.17) is 0 Å². The second kappa shape index (κ2) is 6.88. The molecule has 25 heavy (non-hydrogen) atoms. The van der Waals surface area contributed by atoms with Crippen LogP contribution in [-0.2, 0) is 6.42 Å². The summed E-state index contributed by atoms with van der Waals surface area (Å²) < 4.78 is 0. The van der Waals surface area contributed by atoms with Gasteiger partial charge in [0.15, 0.2) is 0 Å². The molecule has 3 aromatic rings. The lowest BCUT2D eigenvalue weighted by Crippen LogP contribution is -2.20. The predicted molar refractivity (Wildman–Crippen MR) is 106 cm³/mol. The van der Waals surface area contributed by atoms with Crippen LogP contribution in [0.3, 0.4) is 0 Å². The molecule has 3 aromatic carbocycles. The molecule has 2 atom stereocenters. The standard InChI is InChI=1S/C25H26/c1-18(2)19-12-14-22(15-13-19)25-23-11-7-6-10-21(23)16-17-24(25)20-8-4-3-5-9-20/h3-15,18,24-25H,16-17H2,1-2H3. The number of rotatable bonds is 3. The molecule has 0 nitrogen and oxygen atoms in total. The normalized spacial score (nSPS) is 19.6. The lowest BCUT2D eigenvalue weighted by Gasteiger charge is -2.34. The summed E-state index contributed by atoms with van der Waals surface area (Å²) in [4.78, 5) is 0. The molecule has 0 heteroatoms. The van der Waals surface area contributed by atoms with Crippen molar-refractivity contribution >= 4 is 0 Å². The van der Waals surface area contributed by atoms with Crippen molar-refractivity contribution in [2.24, 2.45) is 0 Å². The van der Waals surface area contributed by atoms with Gasteiger partial charge in [0.25, 0.3) is 0 Å². The molecule has 0 N–H and O–H groups in total. The maximum atomic E-state index is 2.36. The Bertz CT molecular complexity index is 827. The molecule has 0 bridgehead atoms. The van der Waals surface area contributed by atoms with Crippen molar-refractivity contribution in [2.75, 3.05) is 0 Å². The van der Waals surface area contributed by atoms with Crippen LogP contribution in [0.4, 0.5) is 0 Å². The Balaban J connectivity index is 1.81. The number of hydrogen-bond acceptors (Lipinski definition) is 0. The van der Waals surface area contributed by atoms with Crippen molar-refractivity contribution in [3.63, 3.8) is 0 Å². The third-order valence-electron chi connectivity index (χ3n) is 5.71.